The number of H-pyrrole nitrogens is 1. The minimum absolute atomic E-state index is 0.215. The summed E-state index contributed by atoms with van der Waals surface area (Å²) >= 11 is 0. The van der Waals surface area contributed by atoms with Crippen molar-refractivity contribution >= 4 is 10.0 Å². The second kappa shape index (κ2) is 6.55. The number of aromatic nitrogens is 2. The zero-order valence-corrected chi connectivity index (χ0v) is 11.9. The zero-order valence-electron chi connectivity index (χ0n) is 11.1. The molecule has 1 atom stereocenters. The topological polar surface area (TPSA) is 86.9 Å². The van der Waals surface area contributed by atoms with Crippen LogP contribution < -0.4 is 10.0 Å². The summed E-state index contributed by atoms with van der Waals surface area (Å²) in [7, 11) is -4.06. The van der Waals surface area contributed by atoms with Gasteiger partial charge >= 0.3 is 6.18 Å². The van der Waals surface area contributed by atoms with Crippen LogP contribution in [-0.4, -0.2) is 37.4 Å². The Balaban J connectivity index is 2.81. The molecule has 1 unspecified atom stereocenters. The van der Waals surface area contributed by atoms with Crippen LogP contribution in [0.25, 0.3) is 0 Å². The number of nitrogens with zero attached hydrogens (tertiary/aromatic N) is 1. The highest BCUT2D eigenvalue weighted by atomic mass is 32.2. The largest absolute Gasteiger partial charge is 0.390 e. The summed E-state index contributed by atoms with van der Waals surface area (Å²) in [6.45, 7) is 3.89. The second-order valence-electron chi connectivity index (χ2n) is 4.35. The van der Waals surface area contributed by atoms with Gasteiger partial charge in [-0.05, 0) is 13.5 Å². The van der Waals surface area contributed by atoms with Crippen LogP contribution >= 0.6 is 0 Å². The van der Waals surface area contributed by atoms with E-state index in [-0.39, 0.29) is 11.6 Å². The minimum Gasteiger partial charge on any atom is -0.313 e. The van der Waals surface area contributed by atoms with E-state index in [4.69, 9.17) is 0 Å². The van der Waals surface area contributed by atoms with E-state index in [1.54, 1.807) is 0 Å². The molecule has 1 rings (SSSR count). The first-order chi connectivity index (χ1) is 9.15. The first-order valence-corrected chi connectivity index (χ1v) is 7.46. The van der Waals surface area contributed by atoms with E-state index in [2.05, 4.69) is 15.5 Å². The molecule has 0 amide bonds. The van der Waals surface area contributed by atoms with Gasteiger partial charge in [0.05, 0.1) is 12.6 Å². The van der Waals surface area contributed by atoms with E-state index < -0.39 is 28.7 Å². The molecule has 0 aliphatic carbocycles. The SMILES string of the molecule is CCNCc1cn[nH]c1S(=O)(=O)NC(C)CC(F)(F)F. The molecule has 0 saturated carbocycles. The van der Waals surface area contributed by atoms with Gasteiger partial charge in [-0.2, -0.15) is 18.3 Å². The van der Waals surface area contributed by atoms with Crippen molar-refractivity contribution in [1.82, 2.24) is 20.2 Å². The normalized spacial score (nSPS) is 14.4. The van der Waals surface area contributed by atoms with Crippen LogP contribution in [0.3, 0.4) is 0 Å². The molecule has 1 aromatic heterocycles. The molecule has 0 radical (unpaired) electrons. The summed E-state index contributed by atoms with van der Waals surface area (Å²) in [5.41, 5.74) is 0.374. The van der Waals surface area contributed by atoms with Gasteiger partial charge in [0, 0.05) is 18.2 Å². The van der Waals surface area contributed by atoms with Crippen LogP contribution in [0, 0.1) is 0 Å². The molecule has 0 bridgehead atoms. The van der Waals surface area contributed by atoms with Crippen molar-refractivity contribution in [2.75, 3.05) is 6.54 Å². The molecule has 1 aromatic rings. The fraction of sp³-hybridized carbons (Fsp3) is 0.700. The number of rotatable bonds is 7. The number of aromatic amines is 1. The van der Waals surface area contributed by atoms with Crippen molar-refractivity contribution in [2.45, 2.75) is 44.1 Å². The van der Waals surface area contributed by atoms with Crippen molar-refractivity contribution in [3.8, 4) is 0 Å². The van der Waals surface area contributed by atoms with E-state index in [1.165, 1.54) is 6.20 Å². The van der Waals surface area contributed by atoms with Crippen molar-refractivity contribution < 1.29 is 21.6 Å². The lowest BCUT2D eigenvalue weighted by Gasteiger charge is -2.15. The lowest BCUT2D eigenvalue weighted by Crippen LogP contribution is -2.36. The number of nitrogens with one attached hydrogen (secondary N) is 3. The van der Waals surface area contributed by atoms with Crippen LogP contribution in [0.5, 0.6) is 0 Å². The van der Waals surface area contributed by atoms with Gasteiger partial charge in [0.1, 0.15) is 0 Å². The van der Waals surface area contributed by atoms with Crippen molar-refractivity contribution in [3.63, 3.8) is 0 Å². The Hall–Kier alpha value is -1.13. The summed E-state index contributed by atoms with van der Waals surface area (Å²) in [6.07, 6.45) is -4.34. The average molecular weight is 314 g/mol. The van der Waals surface area contributed by atoms with Gasteiger partial charge in [0.2, 0.25) is 0 Å². The maximum Gasteiger partial charge on any atom is 0.390 e. The van der Waals surface area contributed by atoms with Gasteiger partial charge in [0.25, 0.3) is 10.0 Å². The first kappa shape index (κ1) is 16.9. The maximum atomic E-state index is 12.2. The van der Waals surface area contributed by atoms with E-state index in [0.29, 0.717) is 12.1 Å². The minimum atomic E-state index is -4.43. The Morgan fingerprint density at radius 1 is 1.45 bits per heavy atom. The number of hydrogen-bond acceptors (Lipinski definition) is 4. The molecular weight excluding hydrogens is 297 g/mol. The Bertz CT molecular complexity index is 527. The van der Waals surface area contributed by atoms with Gasteiger partial charge in [-0.15, -0.1) is 0 Å². The molecule has 0 spiro atoms. The fourth-order valence-electron chi connectivity index (χ4n) is 1.63. The number of halogens is 3. The molecular formula is C10H17F3N4O2S. The van der Waals surface area contributed by atoms with Crippen molar-refractivity contribution in [3.05, 3.63) is 11.8 Å². The Morgan fingerprint density at radius 2 is 2.10 bits per heavy atom. The van der Waals surface area contributed by atoms with Gasteiger partial charge in [0.15, 0.2) is 5.03 Å². The summed E-state index contributed by atoms with van der Waals surface area (Å²) in [4.78, 5) is 0. The molecule has 0 fully saturated rings. The summed E-state index contributed by atoms with van der Waals surface area (Å²) < 4.78 is 62.6. The third kappa shape index (κ3) is 5.10. The molecule has 3 N–H and O–H groups in total. The van der Waals surface area contributed by atoms with Gasteiger partial charge in [-0.1, -0.05) is 6.92 Å². The smallest absolute Gasteiger partial charge is 0.313 e. The van der Waals surface area contributed by atoms with Crippen LogP contribution in [0.15, 0.2) is 11.2 Å². The predicted octanol–water partition coefficient (Wildman–Crippen LogP) is 1.14. The van der Waals surface area contributed by atoms with Gasteiger partial charge in [-0.3, -0.25) is 5.10 Å². The Kier molecular flexibility index (Phi) is 5.54. The number of sulfonamides is 1. The quantitative estimate of drug-likeness (QED) is 0.704. The van der Waals surface area contributed by atoms with Crippen LogP contribution in [0.2, 0.25) is 0 Å². The number of hydrogen-bond donors (Lipinski definition) is 3. The molecule has 10 heteroatoms. The Labute approximate surface area is 115 Å². The molecule has 1 heterocycles. The molecule has 0 aliphatic rings. The predicted molar refractivity (Wildman–Crippen MR) is 66.4 cm³/mol. The van der Waals surface area contributed by atoms with E-state index >= 15 is 0 Å². The molecule has 0 aromatic carbocycles. The van der Waals surface area contributed by atoms with E-state index in [1.807, 2.05) is 11.6 Å². The average Bonchev–Trinajstić information content (AvgIpc) is 2.71. The maximum absolute atomic E-state index is 12.2. The lowest BCUT2D eigenvalue weighted by atomic mass is 10.2. The highest BCUT2D eigenvalue weighted by molar-refractivity contribution is 7.89. The van der Waals surface area contributed by atoms with E-state index in [0.717, 1.165) is 6.92 Å². The van der Waals surface area contributed by atoms with Crippen LogP contribution in [-0.2, 0) is 16.6 Å². The lowest BCUT2D eigenvalue weighted by molar-refractivity contribution is -0.137. The molecule has 116 valence electrons. The summed E-state index contributed by atoms with van der Waals surface area (Å²) in [5.74, 6) is 0. The molecule has 20 heavy (non-hydrogen) atoms. The summed E-state index contributed by atoms with van der Waals surface area (Å²) in [5, 5.41) is 8.63. The van der Waals surface area contributed by atoms with Gasteiger partial charge in [-0.25, -0.2) is 13.1 Å². The fourth-order valence-corrected chi connectivity index (χ4v) is 3.00. The molecule has 6 nitrogen and oxygen atoms in total. The highest BCUT2D eigenvalue weighted by Crippen LogP contribution is 2.22. The second-order valence-corrected chi connectivity index (χ2v) is 6.00. The van der Waals surface area contributed by atoms with Crippen molar-refractivity contribution in [2.24, 2.45) is 0 Å². The highest BCUT2D eigenvalue weighted by Gasteiger charge is 2.32. The Morgan fingerprint density at radius 3 is 2.65 bits per heavy atom. The standard InChI is InChI=1S/C10H17F3N4O2S/c1-3-14-5-8-6-15-16-9(8)20(18,19)17-7(2)4-10(11,12)13/h6-7,14,17H,3-5H2,1-2H3,(H,15,16). The third-order valence-electron chi connectivity index (χ3n) is 2.41. The monoisotopic (exact) mass is 314 g/mol. The molecule has 0 aliphatic heterocycles. The van der Waals surface area contributed by atoms with Crippen LogP contribution in [0.1, 0.15) is 25.8 Å². The summed E-state index contributed by atoms with van der Waals surface area (Å²) in [6, 6.07) is -1.25. The number of alkyl halides is 3. The molecule has 0 saturated heterocycles. The first-order valence-electron chi connectivity index (χ1n) is 5.97. The van der Waals surface area contributed by atoms with E-state index in [9.17, 15) is 21.6 Å². The third-order valence-corrected chi connectivity index (χ3v) is 4.01. The van der Waals surface area contributed by atoms with Crippen molar-refractivity contribution in [1.29, 1.82) is 0 Å². The van der Waals surface area contributed by atoms with Gasteiger partial charge < -0.3 is 5.32 Å². The van der Waals surface area contributed by atoms with Crippen LogP contribution in [0.4, 0.5) is 13.2 Å². The zero-order chi connectivity index (χ0) is 15.4.